The Morgan fingerprint density at radius 1 is 1.52 bits per heavy atom. The minimum Gasteiger partial charge on any atom is -0.370 e. The first kappa shape index (κ1) is 14.4. The molecule has 1 aliphatic carbocycles. The Hall–Kier alpha value is -1.51. The highest BCUT2D eigenvalue weighted by Crippen LogP contribution is 2.48. The number of rotatable bonds is 3. The van der Waals surface area contributed by atoms with Gasteiger partial charge in [0.1, 0.15) is 6.10 Å². The summed E-state index contributed by atoms with van der Waals surface area (Å²) in [5.74, 6) is 0.250. The van der Waals surface area contributed by atoms with E-state index in [-0.39, 0.29) is 16.8 Å². The number of nitrogens with zero attached hydrogens (tertiary/aromatic N) is 2. The first-order chi connectivity index (χ1) is 10.2. The van der Waals surface area contributed by atoms with Crippen LogP contribution in [0.25, 0.3) is 0 Å². The first-order valence-electron chi connectivity index (χ1n) is 7.15. The molecule has 21 heavy (non-hydrogen) atoms. The van der Waals surface area contributed by atoms with Crippen LogP contribution in [0, 0.1) is 11.3 Å². The summed E-state index contributed by atoms with van der Waals surface area (Å²) in [4.78, 5) is 14.5. The lowest BCUT2D eigenvalue weighted by Crippen LogP contribution is -2.46. The van der Waals surface area contributed by atoms with Gasteiger partial charge in [0, 0.05) is 6.54 Å². The highest BCUT2D eigenvalue weighted by molar-refractivity contribution is 8.01. The molecule has 1 heterocycles. The second kappa shape index (κ2) is 5.70. The Morgan fingerprint density at radius 3 is 3.00 bits per heavy atom. The molecule has 4 nitrogen and oxygen atoms in total. The fourth-order valence-electron chi connectivity index (χ4n) is 2.75. The van der Waals surface area contributed by atoms with E-state index in [1.807, 2.05) is 29.4 Å². The summed E-state index contributed by atoms with van der Waals surface area (Å²) in [6, 6.07) is 9.59. The molecule has 1 saturated heterocycles. The minimum atomic E-state index is -0.170. The maximum atomic E-state index is 12.6. The van der Waals surface area contributed by atoms with Gasteiger partial charge >= 0.3 is 0 Å². The summed E-state index contributed by atoms with van der Waals surface area (Å²) in [6.45, 7) is 1.79. The Morgan fingerprint density at radius 2 is 2.33 bits per heavy atom. The molecule has 1 saturated carbocycles. The van der Waals surface area contributed by atoms with Gasteiger partial charge in [-0.2, -0.15) is 5.26 Å². The van der Waals surface area contributed by atoms with Crippen LogP contribution in [0.2, 0.25) is 0 Å². The highest BCUT2D eigenvalue weighted by atomic mass is 32.2. The van der Waals surface area contributed by atoms with Gasteiger partial charge in [0.15, 0.2) is 0 Å². The molecule has 110 valence electrons. The Balaban J connectivity index is 1.74. The summed E-state index contributed by atoms with van der Waals surface area (Å²) in [6.07, 6.45) is 3.85. The van der Waals surface area contributed by atoms with Gasteiger partial charge in [-0.3, -0.25) is 4.79 Å². The Bertz CT molecular complexity index is 592. The lowest BCUT2D eigenvalue weighted by molar-refractivity contribution is -0.139. The smallest absolute Gasteiger partial charge is 0.238 e. The number of morpholine rings is 1. The molecule has 1 aromatic carbocycles. The molecule has 1 aromatic rings. The van der Waals surface area contributed by atoms with Crippen LogP contribution >= 0.6 is 11.8 Å². The number of hydrogen-bond donors (Lipinski definition) is 0. The van der Waals surface area contributed by atoms with Crippen LogP contribution < -0.4 is 0 Å². The van der Waals surface area contributed by atoms with Gasteiger partial charge in [-0.1, -0.05) is 12.1 Å². The Labute approximate surface area is 129 Å². The van der Waals surface area contributed by atoms with Crippen LogP contribution in [0.1, 0.15) is 30.1 Å². The largest absolute Gasteiger partial charge is 0.370 e. The predicted molar refractivity (Wildman–Crippen MR) is 81.9 cm³/mol. The summed E-state index contributed by atoms with van der Waals surface area (Å²) in [5, 5.41) is 8.99. The number of thioether (sulfide) groups is 1. The van der Waals surface area contributed by atoms with Crippen molar-refractivity contribution in [2.45, 2.75) is 23.7 Å². The molecular formula is C16H18N2O2S. The van der Waals surface area contributed by atoms with Gasteiger partial charge in [-0.15, -0.1) is 11.8 Å². The summed E-state index contributed by atoms with van der Waals surface area (Å²) in [5.41, 5.74) is 1.60. The molecule has 0 N–H and O–H groups in total. The maximum absolute atomic E-state index is 12.6. The first-order valence-corrected chi connectivity index (χ1v) is 8.37. The van der Waals surface area contributed by atoms with Crippen molar-refractivity contribution in [3.63, 3.8) is 0 Å². The van der Waals surface area contributed by atoms with Crippen molar-refractivity contribution >= 4 is 17.7 Å². The van der Waals surface area contributed by atoms with Gasteiger partial charge < -0.3 is 9.64 Å². The summed E-state index contributed by atoms with van der Waals surface area (Å²) >= 11 is 1.67. The number of carbonyl (C=O) groups is 1. The van der Waals surface area contributed by atoms with Gasteiger partial charge in [-0.05, 0) is 36.8 Å². The van der Waals surface area contributed by atoms with Gasteiger partial charge in [-0.25, -0.2) is 0 Å². The van der Waals surface area contributed by atoms with Crippen molar-refractivity contribution in [3.05, 3.63) is 35.4 Å². The maximum Gasteiger partial charge on any atom is 0.238 e. The van der Waals surface area contributed by atoms with E-state index in [0.29, 0.717) is 25.3 Å². The van der Waals surface area contributed by atoms with Crippen molar-refractivity contribution in [2.75, 3.05) is 26.0 Å². The average molecular weight is 302 g/mol. The third-order valence-corrected chi connectivity index (χ3v) is 5.59. The summed E-state index contributed by atoms with van der Waals surface area (Å²) < 4.78 is 5.63. The normalized spacial score (nSPS) is 23.4. The molecule has 2 aliphatic rings. The molecule has 1 unspecified atom stereocenters. The molecule has 1 amide bonds. The monoisotopic (exact) mass is 302 g/mol. The number of carbonyl (C=O) groups excluding carboxylic acids is 1. The zero-order chi connectivity index (χ0) is 14.9. The number of benzene rings is 1. The molecule has 2 fully saturated rings. The molecule has 0 spiro atoms. The fraction of sp³-hybridized carbons (Fsp3) is 0.500. The molecule has 0 aromatic heterocycles. The van der Waals surface area contributed by atoms with Crippen LogP contribution in [-0.2, 0) is 9.53 Å². The number of hydrogen-bond acceptors (Lipinski definition) is 4. The lowest BCUT2D eigenvalue weighted by Gasteiger charge is -2.35. The van der Waals surface area contributed by atoms with Crippen LogP contribution in [-0.4, -0.2) is 41.5 Å². The van der Waals surface area contributed by atoms with Gasteiger partial charge in [0.05, 0.1) is 29.5 Å². The fourth-order valence-corrected chi connectivity index (χ4v) is 3.56. The van der Waals surface area contributed by atoms with Crippen LogP contribution in [0.3, 0.4) is 0 Å². The van der Waals surface area contributed by atoms with Gasteiger partial charge in [0.25, 0.3) is 0 Å². The van der Waals surface area contributed by atoms with Crippen LogP contribution in [0.4, 0.5) is 0 Å². The topological polar surface area (TPSA) is 53.3 Å². The summed E-state index contributed by atoms with van der Waals surface area (Å²) in [7, 11) is 0. The van der Waals surface area contributed by atoms with E-state index in [1.54, 1.807) is 17.8 Å². The molecular weight excluding hydrogens is 284 g/mol. The lowest BCUT2D eigenvalue weighted by atomic mass is 10.0. The highest BCUT2D eigenvalue weighted by Gasteiger charge is 2.51. The van der Waals surface area contributed by atoms with Crippen molar-refractivity contribution in [2.24, 2.45) is 0 Å². The number of ether oxygens (including phenoxy) is 1. The SMILES string of the molecule is CSC1(C(=O)N2CCOC(c3cccc(C#N)c3)C2)CC1. The zero-order valence-corrected chi connectivity index (χ0v) is 12.9. The van der Waals surface area contributed by atoms with E-state index in [4.69, 9.17) is 10.00 Å². The van der Waals surface area contributed by atoms with E-state index in [2.05, 4.69) is 6.07 Å². The van der Waals surface area contributed by atoms with Crippen molar-refractivity contribution in [1.29, 1.82) is 5.26 Å². The third kappa shape index (κ3) is 2.78. The third-order valence-electron chi connectivity index (χ3n) is 4.23. The van der Waals surface area contributed by atoms with E-state index in [9.17, 15) is 4.79 Å². The Kier molecular flexibility index (Phi) is 3.92. The zero-order valence-electron chi connectivity index (χ0n) is 12.0. The standard InChI is InChI=1S/C16H18N2O2S/c1-21-16(5-6-16)15(19)18-7-8-20-14(11-18)13-4-2-3-12(9-13)10-17/h2-4,9,14H,5-8,11H2,1H3. The van der Waals surface area contributed by atoms with E-state index >= 15 is 0 Å². The second-order valence-corrected chi connectivity index (χ2v) is 6.74. The molecule has 3 rings (SSSR count). The van der Waals surface area contributed by atoms with Crippen molar-refractivity contribution < 1.29 is 9.53 Å². The van der Waals surface area contributed by atoms with Crippen LogP contribution in [0.5, 0.6) is 0 Å². The molecule has 5 heteroatoms. The molecule has 1 atom stereocenters. The van der Waals surface area contributed by atoms with E-state index in [0.717, 1.165) is 18.4 Å². The van der Waals surface area contributed by atoms with E-state index < -0.39 is 0 Å². The molecule has 0 radical (unpaired) electrons. The average Bonchev–Trinajstić information content (AvgIpc) is 3.35. The van der Waals surface area contributed by atoms with Crippen molar-refractivity contribution in [3.8, 4) is 6.07 Å². The number of amides is 1. The van der Waals surface area contributed by atoms with Gasteiger partial charge in [0.2, 0.25) is 5.91 Å². The molecule has 0 bridgehead atoms. The quantitative estimate of drug-likeness (QED) is 0.860. The number of nitriles is 1. The van der Waals surface area contributed by atoms with E-state index in [1.165, 1.54) is 0 Å². The van der Waals surface area contributed by atoms with Crippen molar-refractivity contribution in [1.82, 2.24) is 4.90 Å². The predicted octanol–water partition coefficient (Wildman–Crippen LogP) is 2.35. The second-order valence-electron chi connectivity index (χ2n) is 5.55. The van der Waals surface area contributed by atoms with Crippen LogP contribution in [0.15, 0.2) is 24.3 Å². The molecule has 1 aliphatic heterocycles. The minimum absolute atomic E-state index is 0.131.